The second kappa shape index (κ2) is 6.80. The third-order valence-electron chi connectivity index (χ3n) is 3.11. The minimum absolute atomic E-state index is 0.161. The average Bonchev–Trinajstić information content (AvgIpc) is 2.45. The molecular formula is C16H22N4O2. The van der Waals surface area contributed by atoms with Gasteiger partial charge in [0.1, 0.15) is 11.5 Å². The first-order valence-corrected chi connectivity index (χ1v) is 7.01. The number of hydrogen-bond acceptors (Lipinski definition) is 6. The van der Waals surface area contributed by atoms with Gasteiger partial charge in [0.25, 0.3) is 0 Å². The predicted molar refractivity (Wildman–Crippen MR) is 90.7 cm³/mol. The van der Waals surface area contributed by atoms with Crippen LogP contribution in [-0.2, 0) is 0 Å². The summed E-state index contributed by atoms with van der Waals surface area (Å²) in [6.07, 6.45) is 0. The van der Waals surface area contributed by atoms with Crippen LogP contribution in [0, 0.1) is 5.92 Å². The minimum Gasteiger partial charge on any atom is -0.491 e. The molecule has 0 saturated heterocycles. The van der Waals surface area contributed by atoms with Crippen LogP contribution in [0.15, 0.2) is 36.4 Å². The zero-order valence-corrected chi connectivity index (χ0v) is 12.6. The highest BCUT2D eigenvalue weighted by Gasteiger charge is 2.08. The second-order valence-electron chi connectivity index (χ2n) is 5.32. The molecule has 6 nitrogen and oxygen atoms in total. The van der Waals surface area contributed by atoms with Crippen LogP contribution in [0.4, 0.5) is 22.7 Å². The first-order chi connectivity index (χ1) is 10.5. The molecule has 0 spiro atoms. The molecule has 22 heavy (non-hydrogen) atoms. The van der Waals surface area contributed by atoms with Crippen LogP contribution in [-0.4, -0.2) is 13.2 Å². The fourth-order valence-corrected chi connectivity index (χ4v) is 1.91. The highest BCUT2D eigenvalue weighted by Crippen LogP contribution is 2.25. The van der Waals surface area contributed by atoms with Crippen LogP contribution in [0.1, 0.15) is 6.92 Å². The number of nitrogen functional groups attached to an aromatic ring is 4. The van der Waals surface area contributed by atoms with E-state index in [-0.39, 0.29) is 5.92 Å². The molecule has 0 bridgehead atoms. The zero-order valence-electron chi connectivity index (χ0n) is 12.6. The molecule has 2 aromatic rings. The molecule has 0 aliphatic carbocycles. The third kappa shape index (κ3) is 4.12. The van der Waals surface area contributed by atoms with E-state index in [1.54, 1.807) is 36.4 Å². The number of ether oxygens (including phenoxy) is 2. The van der Waals surface area contributed by atoms with E-state index in [4.69, 9.17) is 32.4 Å². The maximum absolute atomic E-state index is 5.84. The topological polar surface area (TPSA) is 123 Å². The monoisotopic (exact) mass is 302 g/mol. The standard InChI is InChI=1S/C16H22N4O2/c1-10(8-21-15-4-2-11(17)6-13(15)19)9-22-16-5-3-12(18)7-14(16)20/h2-7,10H,8-9,17-20H2,1H3. The first kappa shape index (κ1) is 15.6. The Morgan fingerprint density at radius 1 is 0.773 bits per heavy atom. The number of rotatable bonds is 6. The van der Waals surface area contributed by atoms with Crippen LogP contribution < -0.4 is 32.4 Å². The molecule has 6 heteroatoms. The van der Waals surface area contributed by atoms with Crippen LogP contribution in [0.25, 0.3) is 0 Å². The van der Waals surface area contributed by atoms with Gasteiger partial charge in [-0.2, -0.15) is 0 Å². The second-order valence-corrected chi connectivity index (χ2v) is 5.32. The molecule has 0 aliphatic rings. The fourth-order valence-electron chi connectivity index (χ4n) is 1.91. The smallest absolute Gasteiger partial charge is 0.142 e. The van der Waals surface area contributed by atoms with Gasteiger partial charge in [0.2, 0.25) is 0 Å². The Morgan fingerprint density at radius 3 is 1.55 bits per heavy atom. The highest BCUT2D eigenvalue weighted by molar-refractivity contribution is 5.61. The molecule has 0 radical (unpaired) electrons. The third-order valence-corrected chi connectivity index (χ3v) is 3.11. The molecule has 0 fully saturated rings. The van der Waals surface area contributed by atoms with Gasteiger partial charge in [-0.25, -0.2) is 0 Å². The van der Waals surface area contributed by atoms with Crippen molar-refractivity contribution in [2.75, 3.05) is 36.1 Å². The van der Waals surface area contributed by atoms with Gasteiger partial charge in [-0.05, 0) is 36.4 Å². The van der Waals surface area contributed by atoms with Gasteiger partial charge in [-0.1, -0.05) is 6.92 Å². The van der Waals surface area contributed by atoms with E-state index >= 15 is 0 Å². The summed E-state index contributed by atoms with van der Waals surface area (Å²) in [4.78, 5) is 0. The Morgan fingerprint density at radius 2 is 1.18 bits per heavy atom. The number of nitrogens with two attached hydrogens (primary N) is 4. The van der Waals surface area contributed by atoms with Crippen molar-refractivity contribution in [3.63, 3.8) is 0 Å². The minimum atomic E-state index is 0.161. The molecule has 0 unspecified atom stereocenters. The van der Waals surface area contributed by atoms with Gasteiger partial charge in [0.05, 0.1) is 24.6 Å². The van der Waals surface area contributed by atoms with Crippen LogP contribution in [0.5, 0.6) is 11.5 Å². The van der Waals surface area contributed by atoms with Crippen molar-refractivity contribution in [2.24, 2.45) is 5.92 Å². The Bertz CT molecular complexity index is 591. The molecule has 0 saturated carbocycles. The zero-order chi connectivity index (χ0) is 16.1. The Hall–Kier alpha value is -2.76. The summed E-state index contributed by atoms with van der Waals surface area (Å²) in [5.41, 5.74) is 25.2. The quantitative estimate of drug-likeness (QED) is 0.606. The Balaban J connectivity index is 1.84. The molecule has 0 aromatic heterocycles. The Labute approximate surface area is 130 Å². The maximum Gasteiger partial charge on any atom is 0.142 e. The lowest BCUT2D eigenvalue weighted by molar-refractivity contribution is 0.189. The van der Waals surface area contributed by atoms with E-state index in [9.17, 15) is 0 Å². The summed E-state index contributed by atoms with van der Waals surface area (Å²) in [7, 11) is 0. The van der Waals surface area contributed by atoms with Gasteiger partial charge < -0.3 is 32.4 Å². The molecule has 0 amide bonds. The van der Waals surface area contributed by atoms with Crippen molar-refractivity contribution in [1.29, 1.82) is 0 Å². The lowest BCUT2D eigenvalue weighted by Crippen LogP contribution is -2.17. The summed E-state index contributed by atoms with van der Waals surface area (Å²) in [6.45, 7) is 2.97. The average molecular weight is 302 g/mol. The first-order valence-electron chi connectivity index (χ1n) is 7.01. The van der Waals surface area contributed by atoms with E-state index in [1.165, 1.54) is 0 Å². The van der Waals surface area contributed by atoms with Crippen molar-refractivity contribution in [1.82, 2.24) is 0 Å². The SMILES string of the molecule is CC(COc1ccc(N)cc1N)COc1ccc(N)cc1N. The fraction of sp³-hybridized carbons (Fsp3) is 0.250. The normalized spacial score (nSPS) is 10.6. The highest BCUT2D eigenvalue weighted by atomic mass is 16.5. The van der Waals surface area contributed by atoms with Crippen LogP contribution in [0.3, 0.4) is 0 Å². The van der Waals surface area contributed by atoms with Gasteiger partial charge in [0.15, 0.2) is 0 Å². The molecule has 2 aromatic carbocycles. The van der Waals surface area contributed by atoms with Gasteiger partial charge in [-0.15, -0.1) is 0 Å². The Kier molecular flexibility index (Phi) is 4.83. The van der Waals surface area contributed by atoms with Crippen molar-refractivity contribution in [2.45, 2.75) is 6.92 Å². The summed E-state index contributed by atoms with van der Waals surface area (Å²) in [5.74, 6) is 1.40. The van der Waals surface area contributed by atoms with Crippen molar-refractivity contribution in [3.05, 3.63) is 36.4 Å². The van der Waals surface area contributed by atoms with E-state index in [0.29, 0.717) is 47.5 Å². The van der Waals surface area contributed by atoms with Crippen LogP contribution >= 0.6 is 0 Å². The van der Waals surface area contributed by atoms with E-state index in [2.05, 4.69) is 0 Å². The molecule has 0 atom stereocenters. The lowest BCUT2D eigenvalue weighted by atomic mass is 10.2. The van der Waals surface area contributed by atoms with Crippen molar-refractivity contribution >= 4 is 22.7 Å². The maximum atomic E-state index is 5.84. The molecule has 8 N–H and O–H groups in total. The summed E-state index contributed by atoms with van der Waals surface area (Å²) in [6, 6.07) is 10.4. The predicted octanol–water partition coefficient (Wildman–Crippen LogP) is 2.11. The summed E-state index contributed by atoms with van der Waals surface area (Å²) in [5, 5.41) is 0. The van der Waals surface area contributed by atoms with Crippen molar-refractivity contribution < 1.29 is 9.47 Å². The summed E-state index contributed by atoms with van der Waals surface area (Å²) < 4.78 is 11.4. The number of hydrogen-bond donors (Lipinski definition) is 4. The van der Waals surface area contributed by atoms with E-state index in [0.717, 1.165) is 0 Å². The molecule has 2 rings (SSSR count). The van der Waals surface area contributed by atoms with Crippen molar-refractivity contribution in [3.8, 4) is 11.5 Å². The largest absolute Gasteiger partial charge is 0.491 e. The molecule has 0 heterocycles. The lowest BCUT2D eigenvalue weighted by Gasteiger charge is -2.16. The van der Waals surface area contributed by atoms with Crippen LogP contribution in [0.2, 0.25) is 0 Å². The summed E-state index contributed by atoms with van der Waals surface area (Å²) >= 11 is 0. The van der Waals surface area contributed by atoms with E-state index < -0.39 is 0 Å². The van der Waals surface area contributed by atoms with Gasteiger partial charge in [0, 0.05) is 17.3 Å². The van der Waals surface area contributed by atoms with Gasteiger partial charge >= 0.3 is 0 Å². The van der Waals surface area contributed by atoms with E-state index in [1.807, 2.05) is 6.92 Å². The molecular weight excluding hydrogens is 280 g/mol. The van der Waals surface area contributed by atoms with Gasteiger partial charge in [-0.3, -0.25) is 0 Å². The number of benzene rings is 2. The molecule has 118 valence electrons. The molecule has 0 aliphatic heterocycles. The number of anilines is 4.